The summed E-state index contributed by atoms with van der Waals surface area (Å²) in [4.78, 5) is 10.8. The fourth-order valence-electron chi connectivity index (χ4n) is 3.44. The van der Waals surface area contributed by atoms with Crippen LogP contribution in [-0.2, 0) is 4.79 Å². The summed E-state index contributed by atoms with van der Waals surface area (Å²) in [7, 11) is 1.98. The molecular weight excluding hydrogens is 409 g/mol. The van der Waals surface area contributed by atoms with E-state index in [1.54, 1.807) is 6.07 Å². The van der Waals surface area contributed by atoms with Crippen molar-refractivity contribution in [2.75, 3.05) is 7.05 Å². The van der Waals surface area contributed by atoms with E-state index in [1.165, 1.54) is 0 Å². The largest absolute Gasteiger partial charge is 0.481 e. The van der Waals surface area contributed by atoms with Crippen LogP contribution in [0.15, 0.2) is 29.4 Å². The van der Waals surface area contributed by atoms with Crippen molar-refractivity contribution in [3.8, 4) is 0 Å². The number of carboxylic acids is 1. The zero-order valence-corrected chi connectivity index (χ0v) is 20.4. The minimum absolute atomic E-state index is 0.0887. The normalized spacial score (nSPS) is 16.7. The van der Waals surface area contributed by atoms with Crippen molar-refractivity contribution in [2.24, 2.45) is 28.5 Å². The number of hydrogen-bond acceptors (Lipinski definition) is 5. The van der Waals surface area contributed by atoms with Crippen LogP contribution in [0.3, 0.4) is 0 Å². The van der Waals surface area contributed by atoms with Gasteiger partial charge in [0.1, 0.15) is 11.7 Å². The van der Waals surface area contributed by atoms with Gasteiger partial charge < -0.3 is 16.2 Å². The van der Waals surface area contributed by atoms with Crippen LogP contribution in [0.25, 0.3) is 5.57 Å². The minimum Gasteiger partial charge on any atom is -0.481 e. The van der Waals surface area contributed by atoms with Crippen LogP contribution in [0.5, 0.6) is 0 Å². The Morgan fingerprint density at radius 1 is 1.34 bits per heavy atom. The molecule has 2 rings (SSSR count). The Kier molecular flexibility index (Phi) is 15.0. The van der Waals surface area contributed by atoms with E-state index in [0.717, 1.165) is 36.0 Å². The first-order chi connectivity index (χ1) is 15.2. The van der Waals surface area contributed by atoms with Gasteiger partial charge in [0.25, 0.3) is 0 Å². The molecule has 0 heterocycles. The molecule has 0 fully saturated rings. The first-order valence-electron chi connectivity index (χ1n) is 11.3. The fourth-order valence-corrected chi connectivity index (χ4v) is 3.44. The second-order valence-corrected chi connectivity index (χ2v) is 8.07. The van der Waals surface area contributed by atoms with Gasteiger partial charge in [0.05, 0.1) is 5.92 Å². The van der Waals surface area contributed by atoms with Crippen LogP contribution in [0.4, 0.5) is 4.39 Å². The van der Waals surface area contributed by atoms with Crippen molar-refractivity contribution in [1.29, 1.82) is 0 Å². The van der Waals surface area contributed by atoms with Gasteiger partial charge in [-0.1, -0.05) is 45.9 Å². The summed E-state index contributed by atoms with van der Waals surface area (Å²) in [6.07, 6.45) is 6.02. The Hall–Kier alpha value is -2.45. The van der Waals surface area contributed by atoms with Crippen molar-refractivity contribution in [2.45, 2.75) is 72.8 Å². The number of amidine groups is 1. The second-order valence-electron chi connectivity index (χ2n) is 8.07. The van der Waals surface area contributed by atoms with Crippen LogP contribution >= 0.6 is 0 Å². The Labute approximate surface area is 192 Å². The highest BCUT2D eigenvalue weighted by Gasteiger charge is 2.20. The molecule has 0 spiro atoms. The van der Waals surface area contributed by atoms with Crippen molar-refractivity contribution < 1.29 is 14.3 Å². The third-order valence-electron chi connectivity index (χ3n) is 5.06. The molecular formula is C24H42FN5O2. The SMILES string of the molecule is CC.CC(C)CC(C/C(N)=N/NN)C(=O)O.CNC1CC=C(c2ccc(C)cc2F)CC1. The number of nitrogens with zero attached hydrogens (tertiary/aromatic N) is 1. The summed E-state index contributed by atoms with van der Waals surface area (Å²) < 4.78 is 13.8. The summed E-state index contributed by atoms with van der Waals surface area (Å²) in [6.45, 7) is 9.84. The van der Waals surface area contributed by atoms with Crippen molar-refractivity contribution in [1.82, 2.24) is 10.9 Å². The average molecular weight is 452 g/mol. The van der Waals surface area contributed by atoms with Crippen LogP contribution in [-0.4, -0.2) is 30.0 Å². The molecule has 0 saturated heterocycles. The standard InChI is InChI=1S/C14H18FN.C8H18N4O2.C2H6/c1-10-3-8-13(14(15)9-10)11-4-6-12(16-2)7-5-11;1-5(2)3-6(8(13)14)4-7(9)11-12-10;1-2/h3-4,8-9,12,16H,5-7H2,1-2H3;5-6,12H,3-4,10H2,1-2H3,(H2,9,11)(H,13,14);1-2H3. The topological polar surface area (TPSA) is 126 Å². The highest BCUT2D eigenvalue weighted by molar-refractivity contribution is 5.84. The van der Waals surface area contributed by atoms with E-state index < -0.39 is 11.9 Å². The summed E-state index contributed by atoms with van der Waals surface area (Å²) in [6, 6.07) is 6.04. The highest BCUT2D eigenvalue weighted by Crippen LogP contribution is 2.28. The van der Waals surface area contributed by atoms with Gasteiger partial charge in [-0.05, 0) is 62.8 Å². The van der Waals surface area contributed by atoms with E-state index in [-0.39, 0.29) is 18.1 Å². The molecule has 2 unspecified atom stereocenters. The van der Waals surface area contributed by atoms with E-state index in [4.69, 9.17) is 16.7 Å². The lowest BCUT2D eigenvalue weighted by Gasteiger charge is -2.21. The van der Waals surface area contributed by atoms with Gasteiger partial charge in [0, 0.05) is 18.0 Å². The maximum Gasteiger partial charge on any atom is 0.306 e. The van der Waals surface area contributed by atoms with E-state index in [2.05, 4.69) is 16.5 Å². The molecule has 1 aliphatic carbocycles. The molecule has 7 nitrogen and oxygen atoms in total. The summed E-state index contributed by atoms with van der Waals surface area (Å²) in [5.74, 6) is 4.01. The van der Waals surface area contributed by atoms with E-state index >= 15 is 0 Å². The predicted octanol–water partition coefficient (Wildman–Crippen LogP) is 4.17. The lowest BCUT2D eigenvalue weighted by atomic mass is 9.90. The number of benzene rings is 1. The maximum absolute atomic E-state index is 13.8. The molecule has 32 heavy (non-hydrogen) atoms. The molecule has 0 radical (unpaired) electrons. The second kappa shape index (κ2) is 16.2. The zero-order valence-electron chi connectivity index (χ0n) is 20.4. The number of hydrogen-bond donors (Lipinski definition) is 5. The van der Waals surface area contributed by atoms with Gasteiger partial charge in [-0.25, -0.2) is 15.8 Å². The zero-order chi connectivity index (χ0) is 24.7. The third-order valence-corrected chi connectivity index (χ3v) is 5.06. The quantitative estimate of drug-likeness (QED) is 0.175. The van der Waals surface area contributed by atoms with Gasteiger partial charge >= 0.3 is 5.97 Å². The lowest BCUT2D eigenvalue weighted by molar-refractivity contribution is -0.142. The number of hydrazone groups is 1. The van der Waals surface area contributed by atoms with Crippen molar-refractivity contribution in [3.05, 3.63) is 41.2 Å². The number of halogens is 1. The van der Waals surface area contributed by atoms with E-state index in [1.807, 2.05) is 59.3 Å². The van der Waals surface area contributed by atoms with Crippen LogP contribution in [0, 0.1) is 24.6 Å². The molecule has 2 atom stereocenters. The number of nitrogens with two attached hydrogens (primary N) is 2. The average Bonchev–Trinajstić information content (AvgIpc) is 2.75. The van der Waals surface area contributed by atoms with Crippen molar-refractivity contribution in [3.63, 3.8) is 0 Å². The van der Waals surface area contributed by atoms with Gasteiger partial charge in [-0.2, -0.15) is 5.10 Å². The number of aliphatic carboxylic acids is 1. The van der Waals surface area contributed by atoms with Crippen LogP contribution in [0.2, 0.25) is 0 Å². The molecule has 7 N–H and O–H groups in total. The first-order valence-corrected chi connectivity index (χ1v) is 11.3. The Bertz CT molecular complexity index is 750. The molecule has 1 aliphatic rings. The number of carbonyl (C=O) groups is 1. The molecule has 0 aromatic heterocycles. The summed E-state index contributed by atoms with van der Waals surface area (Å²) in [5.41, 5.74) is 10.4. The number of carboxylic acid groups (broad SMARTS) is 1. The van der Waals surface area contributed by atoms with Crippen molar-refractivity contribution >= 4 is 17.4 Å². The Balaban J connectivity index is 0.000000564. The number of nitrogens with one attached hydrogen (secondary N) is 2. The lowest BCUT2D eigenvalue weighted by Crippen LogP contribution is -2.27. The molecule has 8 heteroatoms. The predicted molar refractivity (Wildman–Crippen MR) is 131 cm³/mol. The van der Waals surface area contributed by atoms with Gasteiger partial charge in [-0.3, -0.25) is 4.79 Å². The van der Waals surface area contributed by atoms with E-state index in [0.29, 0.717) is 18.4 Å². The number of allylic oxidation sites excluding steroid dienone is 1. The molecule has 0 amide bonds. The minimum atomic E-state index is -0.853. The smallest absolute Gasteiger partial charge is 0.306 e. The number of aryl methyl sites for hydroxylation is 1. The Morgan fingerprint density at radius 2 is 2.00 bits per heavy atom. The third kappa shape index (κ3) is 11.2. The highest BCUT2D eigenvalue weighted by atomic mass is 19.1. The maximum atomic E-state index is 13.8. The fraction of sp³-hybridized carbons (Fsp3) is 0.583. The Morgan fingerprint density at radius 3 is 2.44 bits per heavy atom. The number of hydrazine groups is 1. The monoisotopic (exact) mass is 451 g/mol. The van der Waals surface area contributed by atoms with Crippen LogP contribution < -0.4 is 22.4 Å². The molecule has 1 aromatic rings. The summed E-state index contributed by atoms with van der Waals surface area (Å²) in [5, 5.41) is 15.7. The van der Waals surface area contributed by atoms with Gasteiger partial charge in [-0.15, -0.1) is 0 Å². The molecule has 1 aromatic carbocycles. The van der Waals surface area contributed by atoms with E-state index in [9.17, 15) is 9.18 Å². The molecule has 0 bridgehead atoms. The number of rotatable bonds is 8. The molecule has 182 valence electrons. The van der Waals surface area contributed by atoms with Gasteiger partial charge in [0.2, 0.25) is 0 Å². The summed E-state index contributed by atoms with van der Waals surface area (Å²) >= 11 is 0. The van der Waals surface area contributed by atoms with Crippen LogP contribution in [0.1, 0.15) is 70.9 Å². The molecule has 0 saturated carbocycles. The molecule has 0 aliphatic heterocycles. The first kappa shape index (κ1) is 29.5. The van der Waals surface area contributed by atoms with Gasteiger partial charge in [0.15, 0.2) is 0 Å².